The molecule has 1 heterocycles. The van der Waals surface area contributed by atoms with E-state index in [2.05, 4.69) is 5.32 Å². The molecule has 6 unspecified atom stereocenters. The molecule has 1 saturated heterocycles. The Balaban J connectivity index is 1.72. The van der Waals surface area contributed by atoms with E-state index in [9.17, 15) is 31.2 Å². The maximum atomic E-state index is 13.4. The van der Waals surface area contributed by atoms with Crippen LogP contribution < -0.4 is 5.32 Å². The topological polar surface area (TPSA) is 98.8 Å². The summed E-state index contributed by atoms with van der Waals surface area (Å²) in [6, 6.07) is 0. The molecule has 6 atom stereocenters. The van der Waals surface area contributed by atoms with E-state index in [1.165, 1.54) is 0 Å². The van der Waals surface area contributed by atoms with Crippen LogP contribution >= 0.6 is 0 Å². The first kappa shape index (κ1) is 19.4. The van der Waals surface area contributed by atoms with Gasteiger partial charge in [-0.2, -0.15) is 21.6 Å². The fourth-order valence-electron chi connectivity index (χ4n) is 4.19. The number of fused-ring (bicyclic) bond motifs is 1. The maximum Gasteiger partial charge on any atom is 0.393 e. The Morgan fingerprint density at radius 2 is 1.81 bits per heavy atom. The molecule has 148 valence electrons. The highest BCUT2D eigenvalue weighted by Gasteiger charge is 2.75. The largest absolute Gasteiger partial charge is 0.458 e. The number of nitrogens with one attached hydrogen (secondary N) is 1. The van der Waals surface area contributed by atoms with E-state index >= 15 is 0 Å². The van der Waals surface area contributed by atoms with Crippen LogP contribution in [0.15, 0.2) is 0 Å². The van der Waals surface area contributed by atoms with E-state index in [1.807, 2.05) is 0 Å². The smallest absolute Gasteiger partial charge is 0.393 e. The molecular formula is C15H20F3NO6S. The lowest BCUT2D eigenvalue weighted by molar-refractivity contribution is -0.203. The fraction of sp³-hybridized carbons (Fsp3) is 0.867. The number of halogens is 3. The van der Waals surface area contributed by atoms with Gasteiger partial charge in [0.2, 0.25) is 5.91 Å². The van der Waals surface area contributed by atoms with Crippen LogP contribution in [-0.4, -0.2) is 50.5 Å². The van der Waals surface area contributed by atoms with Crippen molar-refractivity contribution in [3.63, 3.8) is 0 Å². The normalized spacial score (nSPS) is 37.6. The Bertz CT molecular complexity index is 729. The summed E-state index contributed by atoms with van der Waals surface area (Å²) in [6.07, 6.45) is -7.14. The first-order valence-corrected chi connectivity index (χ1v) is 9.67. The molecule has 26 heavy (non-hydrogen) atoms. The minimum Gasteiger partial charge on any atom is -0.458 e. The van der Waals surface area contributed by atoms with Gasteiger partial charge in [-0.05, 0) is 6.42 Å². The van der Waals surface area contributed by atoms with Crippen LogP contribution in [0.25, 0.3) is 0 Å². The maximum absolute atomic E-state index is 13.4. The molecule has 0 radical (unpaired) electrons. The Hall–Kier alpha value is -1.36. The van der Waals surface area contributed by atoms with E-state index < -0.39 is 75.3 Å². The summed E-state index contributed by atoms with van der Waals surface area (Å²) in [5, 5.41) is 0.715. The molecule has 3 aliphatic rings. The van der Waals surface area contributed by atoms with Crippen molar-refractivity contribution in [2.24, 2.45) is 23.2 Å². The van der Waals surface area contributed by atoms with Gasteiger partial charge in [-0.25, -0.2) is 0 Å². The lowest BCUT2D eigenvalue weighted by atomic mass is 9.84. The number of hydrogen-bond donors (Lipinski definition) is 1. The third-order valence-electron chi connectivity index (χ3n) is 5.25. The van der Waals surface area contributed by atoms with Gasteiger partial charge in [0.05, 0.1) is 5.92 Å². The summed E-state index contributed by atoms with van der Waals surface area (Å²) in [7, 11) is -4.36. The molecule has 2 saturated carbocycles. The van der Waals surface area contributed by atoms with Crippen LogP contribution in [-0.2, 0) is 28.6 Å². The first-order valence-electron chi connectivity index (χ1n) is 8.20. The van der Waals surface area contributed by atoms with Crippen molar-refractivity contribution in [1.82, 2.24) is 5.32 Å². The number of carbonyl (C=O) groups excluding carboxylic acids is 2. The van der Waals surface area contributed by atoms with E-state index in [0.29, 0.717) is 0 Å². The molecule has 0 aromatic carbocycles. The summed E-state index contributed by atoms with van der Waals surface area (Å²) in [5.74, 6) is -5.45. The fourth-order valence-corrected chi connectivity index (χ4v) is 6.28. The van der Waals surface area contributed by atoms with Gasteiger partial charge >= 0.3 is 12.1 Å². The molecule has 2 aliphatic carbocycles. The van der Waals surface area contributed by atoms with Crippen molar-refractivity contribution < 1.29 is 40.1 Å². The van der Waals surface area contributed by atoms with Gasteiger partial charge in [-0.3, -0.25) is 13.8 Å². The monoisotopic (exact) mass is 399 g/mol. The zero-order chi connectivity index (χ0) is 19.7. The number of ether oxygens (including phenoxy) is 1. The first-order chi connectivity index (χ1) is 11.7. The van der Waals surface area contributed by atoms with Crippen molar-refractivity contribution in [3.05, 3.63) is 0 Å². The molecule has 3 fully saturated rings. The second-order valence-electron chi connectivity index (χ2n) is 8.04. The summed E-state index contributed by atoms with van der Waals surface area (Å²) in [6.45, 7) is 4.39. The summed E-state index contributed by atoms with van der Waals surface area (Å²) in [4.78, 5) is 23.7. The Morgan fingerprint density at radius 1 is 1.19 bits per heavy atom. The van der Waals surface area contributed by atoms with Crippen LogP contribution in [0.3, 0.4) is 0 Å². The molecule has 1 aliphatic heterocycles. The van der Waals surface area contributed by atoms with E-state index in [0.717, 1.165) is 0 Å². The lowest BCUT2D eigenvalue weighted by Gasteiger charge is -2.32. The minimum atomic E-state index is -4.74. The second-order valence-corrected chi connectivity index (χ2v) is 9.76. The van der Waals surface area contributed by atoms with E-state index in [4.69, 9.17) is 8.92 Å². The Kier molecular flexibility index (Phi) is 4.34. The van der Waals surface area contributed by atoms with Crippen molar-refractivity contribution in [3.8, 4) is 0 Å². The standard InChI is InChI=1S/C15H20F3NO6S/c1-14(2,3)13(21)19-5-8(20)24-10-6-4-7-11(10)25-26(22,23)12(7)9(6)15(16,17)18/h6-7,9-12H,4-5H2,1-3H3,(H,19,21). The van der Waals surface area contributed by atoms with Gasteiger partial charge < -0.3 is 10.1 Å². The summed E-state index contributed by atoms with van der Waals surface area (Å²) >= 11 is 0. The SMILES string of the molecule is CC(C)(C)C(=O)NCC(=O)OC1C2CC3C1OS(=O)(=O)C3C2C(F)(F)F. The zero-order valence-corrected chi connectivity index (χ0v) is 15.2. The van der Waals surface area contributed by atoms with Crippen LogP contribution in [0.1, 0.15) is 27.2 Å². The Morgan fingerprint density at radius 3 is 2.35 bits per heavy atom. The molecule has 0 aromatic heterocycles. The van der Waals surface area contributed by atoms with Crippen molar-refractivity contribution in [1.29, 1.82) is 0 Å². The molecule has 0 spiro atoms. The second kappa shape index (κ2) is 5.82. The van der Waals surface area contributed by atoms with E-state index in [-0.39, 0.29) is 6.42 Å². The Labute approximate surface area is 148 Å². The average molecular weight is 399 g/mol. The lowest BCUT2D eigenvalue weighted by Crippen LogP contribution is -2.49. The third kappa shape index (κ3) is 3.08. The number of hydrogen-bond acceptors (Lipinski definition) is 6. The average Bonchev–Trinajstić information content (AvgIpc) is 3.05. The molecule has 0 aromatic rings. The summed E-state index contributed by atoms with van der Waals surface area (Å²) in [5.41, 5.74) is -0.746. The van der Waals surface area contributed by atoms with Gasteiger partial charge in [0, 0.05) is 17.3 Å². The number of esters is 1. The highest BCUT2D eigenvalue weighted by atomic mass is 32.2. The van der Waals surface area contributed by atoms with E-state index in [1.54, 1.807) is 20.8 Å². The zero-order valence-electron chi connectivity index (χ0n) is 14.4. The van der Waals surface area contributed by atoms with Crippen LogP contribution in [0, 0.1) is 23.2 Å². The predicted molar refractivity (Wildman–Crippen MR) is 81.1 cm³/mol. The van der Waals surface area contributed by atoms with Gasteiger partial charge in [-0.15, -0.1) is 0 Å². The van der Waals surface area contributed by atoms with Gasteiger partial charge in [-0.1, -0.05) is 20.8 Å². The molecule has 2 bridgehead atoms. The van der Waals surface area contributed by atoms with Crippen LogP contribution in [0.5, 0.6) is 0 Å². The number of alkyl halides is 3. The molecule has 1 amide bonds. The van der Waals surface area contributed by atoms with Crippen LogP contribution in [0.2, 0.25) is 0 Å². The molecular weight excluding hydrogens is 379 g/mol. The third-order valence-corrected chi connectivity index (χ3v) is 7.05. The highest BCUT2D eigenvalue weighted by molar-refractivity contribution is 7.87. The number of carbonyl (C=O) groups is 2. The van der Waals surface area contributed by atoms with Crippen LogP contribution in [0.4, 0.5) is 13.2 Å². The van der Waals surface area contributed by atoms with Gasteiger partial charge in [0.25, 0.3) is 10.1 Å². The van der Waals surface area contributed by atoms with Crippen molar-refractivity contribution >= 4 is 22.0 Å². The predicted octanol–water partition coefficient (Wildman–Crippen LogP) is 0.986. The molecule has 1 N–H and O–H groups in total. The number of amides is 1. The molecule has 11 heteroatoms. The number of rotatable bonds is 3. The highest BCUT2D eigenvalue weighted by Crippen LogP contribution is 2.62. The van der Waals surface area contributed by atoms with Gasteiger partial charge in [0.1, 0.15) is 24.0 Å². The molecule has 3 rings (SSSR count). The quantitative estimate of drug-likeness (QED) is 0.561. The van der Waals surface area contributed by atoms with Crippen molar-refractivity contribution in [2.75, 3.05) is 6.54 Å². The minimum absolute atomic E-state index is 0.0228. The summed E-state index contributed by atoms with van der Waals surface area (Å²) < 4.78 is 74.1. The van der Waals surface area contributed by atoms with Crippen molar-refractivity contribution in [2.45, 2.75) is 50.8 Å². The van der Waals surface area contributed by atoms with Gasteiger partial charge in [0.15, 0.2) is 0 Å². The molecule has 7 nitrogen and oxygen atoms in total.